The van der Waals surface area contributed by atoms with E-state index >= 15 is 0 Å². The Bertz CT molecular complexity index is 1170. The van der Waals surface area contributed by atoms with Gasteiger partial charge in [-0.1, -0.05) is 6.07 Å². The Morgan fingerprint density at radius 2 is 1.91 bits per heavy atom. The largest absolute Gasteiger partial charge is 0.493 e. The van der Waals surface area contributed by atoms with Gasteiger partial charge in [0.1, 0.15) is 5.82 Å². The first-order chi connectivity index (χ1) is 16.1. The van der Waals surface area contributed by atoms with Gasteiger partial charge in [0, 0.05) is 30.2 Å². The van der Waals surface area contributed by atoms with Crippen molar-refractivity contribution >= 4 is 34.4 Å². The van der Waals surface area contributed by atoms with Crippen LogP contribution in [0.5, 0.6) is 11.5 Å². The molecule has 1 saturated heterocycles. The molecule has 4 rings (SSSR count). The number of nitrogens with zero attached hydrogens (tertiary/aromatic N) is 2. The molecule has 6 nitrogen and oxygen atoms in total. The van der Waals surface area contributed by atoms with Crippen LogP contribution in [0.15, 0.2) is 48.5 Å². The van der Waals surface area contributed by atoms with Crippen LogP contribution in [0.3, 0.4) is 0 Å². The summed E-state index contributed by atoms with van der Waals surface area (Å²) in [5.74, 6) is 2.17. The Morgan fingerprint density at radius 1 is 1.09 bits per heavy atom. The number of aromatic nitrogens is 1. The molecule has 0 spiro atoms. The lowest BCUT2D eigenvalue weighted by Crippen LogP contribution is -2.30. The van der Waals surface area contributed by atoms with E-state index in [1.165, 1.54) is 25.3 Å². The van der Waals surface area contributed by atoms with Gasteiger partial charge >= 0.3 is 0 Å². The highest BCUT2D eigenvalue weighted by Gasteiger charge is 2.14. The second-order valence-corrected chi connectivity index (χ2v) is 8.24. The molecule has 172 valence electrons. The van der Waals surface area contributed by atoms with Gasteiger partial charge in [-0.2, -0.15) is 0 Å². The number of pyridine rings is 1. The third kappa shape index (κ3) is 5.45. The Morgan fingerprint density at radius 3 is 2.67 bits per heavy atom. The second-order valence-electron chi connectivity index (χ2n) is 8.24. The molecule has 6 heteroatoms. The Labute approximate surface area is 195 Å². The third-order valence-corrected chi connectivity index (χ3v) is 5.86. The highest BCUT2D eigenvalue weighted by Crippen LogP contribution is 2.29. The molecule has 1 aromatic heterocycles. The summed E-state index contributed by atoms with van der Waals surface area (Å²) >= 11 is 0. The molecule has 0 unspecified atom stereocenters. The molecule has 1 amide bonds. The highest BCUT2D eigenvalue weighted by molar-refractivity contribution is 6.03. The van der Waals surface area contributed by atoms with Crippen molar-refractivity contribution < 1.29 is 14.3 Å². The lowest BCUT2D eigenvalue weighted by atomic mass is 10.1. The molecular formula is C27H31N3O3. The number of hydrogen-bond acceptors (Lipinski definition) is 5. The Kier molecular flexibility index (Phi) is 7.13. The summed E-state index contributed by atoms with van der Waals surface area (Å²) in [4.78, 5) is 19.8. The number of hydrogen-bond donors (Lipinski definition) is 1. The maximum Gasteiger partial charge on any atom is 0.248 e. The number of benzene rings is 2. The molecule has 0 bridgehead atoms. The van der Waals surface area contributed by atoms with E-state index in [2.05, 4.69) is 23.2 Å². The van der Waals surface area contributed by atoms with Crippen molar-refractivity contribution in [2.45, 2.75) is 33.1 Å². The van der Waals surface area contributed by atoms with E-state index in [1.54, 1.807) is 13.2 Å². The Hall–Kier alpha value is -3.54. The van der Waals surface area contributed by atoms with Crippen LogP contribution in [0.1, 0.15) is 37.3 Å². The van der Waals surface area contributed by atoms with Crippen molar-refractivity contribution in [1.29, 1.82) is 0 Å². The summed E-state index contributed by atoms with van der Waals surface area (Å²) in [6.45, 7) is 6.73. The fourth-order valence-corrected chi connectivity index (χ4v) is 4.16. The van der Waals surface area contributed by atoms with Crippen LogP contribution in [-0.2, 0) is 4.79 Å². The summed E-state index contributed by atoms with van der Waals surface area (Å²) in [6.07, 6.45) is 7.02. The van der Waals surface area contributed by atoms with E-state index in [0.717, 1.165) is 46.6 Å². The maximum absolute atomic E-state index is 12.5. The van der Waals surface area contributed by atoms with E-state index in [0.29, 0.717) is 18.1 Å². The zero-order chi connectivity index (χ0) is 23.2. The van der Waals surface area contributed by atoms with Gasteiger partial charge in [0.15, 0.2) is 11.5 Å². The van der Waals surface area contributed by atoms with Crippen molar-refractivity contribution in [1.82, 2.24) is 4.98 Å². The van der Waals surface area contributed by atoms with Crippen molar-refractivity contribution in [3.8, 4) is 11.5 Å². The van der Waals surface area contributed by atoms with Crippen LogP contribution < -0.4 is 19.7 Å². The summed E-state index contributed by atoms with van der Waals surface area (Å²) in [7, 11) is 1.60. The number of ether oxygens (including phenoxy) is 2. The van der Waals surface area contributed by atoms with Gasteiger partial charge in [-0.05, 0) is 86.7 Å². The van der Waals surface area contributed by atoms with Crippen LogP contribution in [0.2, 0.25) is 0 Å². The molecule has 1 fully saturated rings. The average molecular weight is 446 g/mol. The normalized spacial score (nSPS) is 14.0. The lowest BCUT2D eigenvalue weighted by Gasteiger charge is -2.28. The van der Waals surface area contributed by atoms with E-state index in [9.17, 15) is 4.79 Å². The number of rotatable bonds is 7. The quantitative estimate of drug-likeness (QED) is 0.480. The van der Waals surface area contributed by atoms with Crippen molar-refractivity contribution in [3.63, 3.8) is 0 Å². The van der Waals surface area contributed by atoms with Crippen LogP contribution >= 0.6 is 0 Å². The molecule has 1 aliphatic heterocycles. The molecule has 3 aromatic rings. The van der Waals surface area contributed by atoms with E-state index in [1.807, 2.05) is 43.3 Å². The minimum Gasteiger partial charge on any atom is -0.493 e. The lowest BCUT2D eigenvalue weighted by molar-refractivity contribution is -0.111. The van der Waals surface area contributed by atoms with Crippen LogP contribution in [0, 0.1) is 6.92 Å². The molecule has 1 aliphatic rings. The summed E-state index contributed by atoms with van der Waals surface area (Å²) in [5, 5.41) is 4.00. The molecule has 2 heterocycles. The summed E-state index contributed by atoms with van der Waals surface area (Å²) < 4.78 is 10.9. The fourth-order valence-electron chi connectivity index (χ4n) is 4.16. The molecule has 2 aromatic carbocycles. The fraction of sp³-hybridized carbons (Fsp3) is 0.333. The van der Waals surface area contributed by atoms with Crippen LogP contribution in [0.4, 0.5) is 11.5 Å². The van der Waals surface area contributed by atoms with Gasteiger partial charge in [0.25, 0.3) is 0 Å². The minimum absolute atomic E-state index is 0.197. The number of fused-ring (bicyclic) bond motifs is 1. The number of carbonyl (C=O) groups is 1. The first-order valence-corrected chi connectivity index (χ1v) is 11.5. The van der Waals surface area contributed by atoms with Crippen molar-refractivity contribution in [2.24, 2.45) is 0 Å². The van der Waals surface area contributed by atoms with Gasteiger partial charge in [-0.15, -0.1) is 0 Å². The number of anilines is 2. The van der Waals surface area contributed by atoms with Gasteiger partial charge in [0.2, 0.25) is 5.91 Å². The third-order valence-electron chi connectivity index (χ3n) is 5.86. The maximum atomic E-state index is 12.5. The molecule has 0 radical (unpaired) electrons. The van der Waals surface area contributed by atoms with Gasteiger partial charge < -0.3 is 19.7 Å². The van der Waals surface area contributed by atoms with Gasteiger partial charge in [-0.3, -0.25) is 4.79 Å². The Balaban J connectivity index is 1.47. The summed E-state index contributed by atoms with van der Waals surface area (Å²) in [6, 6.07) is 13.6. The van der Waals surface area contributed by atoms with E-state index < -0.39 is 0 Å². The standard InChI is InChI=1S/C27H31N3O3/c1-4-33-24-12-8-20(17-25(24)32-3)9-13-27(31)28-21-10-11-23-22(18-21)19(2)16-26(29-23)30-14-6-5-7-15-30/h8-13,16-18H,4-7,14-15H2,1-3H3,(H,28,31)/b13-9+. The first kappa shape index (κ1) is 22.6. The molecule has 0 aliphatic carbocycles. The minimum atomic E-state index is -0.197. The van der Waals surface area contributed by atoms with Crippen LogP contribution in [-0.4, -0.2) is 37.7 Å². The van der Waals surface area contributed by atoms with E-state index in [4.69, 9.17) is 14.5 Å². The molecule has 1 N–H and O–H groups in total. The van der Waals surface area contributed by atoms with E-state index in [-0.39, 0.29) is 5.91 Å². The van der Waals surface area contributed by atoms with Crippen molar-refractivity contribution in [3.05, 3.63) is 59.7 Å². The SMILES string of the molecule is CCOc1ccc(/C=C/C(=O)Nc2ccc3nc(N4CCCCC4)cc(C)c3c2)cc1OC. The molecular weight excluding hydrogens is 414 g/mol. The van der Waals surface area contributed by atoms with Gasteiger partial charge in [-0.25, -0.2) is 4.98 Å². The van der Waals surface area contributed by atoms with Crippen molar-refractivity contribution in [2.75, 3.05) is 37.0 Å². The predicted molar refractivity (Wildman–Crippen MR) is 134 cm³/mol. The number of methoxy groups -OCH3 is 1. The number of amides is 1. The van der Waals surface area contributed by atoms with Gasteiger partial charge in [0.05, 0.1) is 19.2 Å². The predicted octanol–water partition coefficient (Wildman–Crippen LogP) is 5.59. The zero-order valence-electron chi connectivity index (χ0n) is 19.6. The number of aryl methyl sites for hydroxylation is 1. The monoisotopic (exact) mass is 445 g/mol. The molecule has 0 saturated carbocycles. The zero-order valence-corrected chi connectivity index (χ0v) is 19.6. The van der Waals surface area contributed by atoms with Crippen LogP contribution in [0.25, 0.3) is 17.0 Å². The average Bonchev–Trinajstić information content (AvgIpc) is 2.84. The first-order valence-electron chi connectivity index (χ1n) is 11.5. The number of nitrogens with one attached hydrogen (secondary N) is 1. The molecule has 33 heavy (non-hydrogen) atoms. The highest BCUT2D eigenvalue weighted by atomic mass is 16.5. The number of piperidine rings is 1. The summed E-state index contributed by atoms with van der Waals surface area (Å²) in [5.41, 5.74) is 3.71. The number of carbonyl (C=O) groups excluding carboxylic acids is 1. The topological polar surface area (TPSA) is 63.7 Å². The smallest absolute Gasteiger partial charge is 0.248 e. The molecule has 0 atom stereocenters. The second kappa shape index (κ2) is 10.4.